The van der Waals surface area contributed by atoms with Crippen molar-refractivity contribution < 1.29 is 14.6 Å². The molecular formula is C22H31N3O3. The molecule has 0 spiro atoms. The molecule has 2 aliphatic heterocycles. The third-order valence-corrected chi connectivity index (χ3v) is 6.11. The Labute approximate surface area is 167 Å². The molecule has 0 aliphatic carbocycles. The number of imidazole rings is 1. The molecule has 1 N–H and O–H groups in total. The van der Waals surface area contributed by atoms with Crippen LogP contribution in [-0.2, 0) is 19.2 Å². The van der Waals surface area contributed by atoms with E-state index >= 15 is 0 Å². The van der Waals surface area contributed by atoms with Crippen LogP contribution in [0.4, 0.5) is 0 Å². The van der Waals surface area contributed by atoms with E-state index in [1.165, 1.54) is 5.56 Å². The fourth-order valence-corrected chi connectivity index (χ4v) is 4.94. The summed E-state index contributed by atoms with van der Waals surface area (Å²) in [6.45, 7) is 4.90. The van der Waals surface area contributed by atoms with E-state index in [0.29, 0.717) is 12.1 Å². The number of fused-ring (bicyclic) bond motifs is 2. The number of hydrogen-bond acceptors (Lipinski definition) is 5. The van der Waals surface area contributed by atoms with Crippen molar-refractivity contribution in [2.24, 2.45) is 7.05 Å². The number of aryl methyl sites for hydroxylation is 1. The monoisotopic (exact) mass is 385 g/mol. The van der Waals surface area contributed by atoms with Gasteiger partial charge in [-0.05, 0) is 57.2 Å². The molecule has 1 aromatic carbocycles. The molecule has 0 radical (unpaired) electrons. The Morgan fingerprint density at radius 2 is 1.93 bits per heavy atom. The van der Waals surface area contributed by atoms with Crippen molar-refractivity contribution in [2.45, 2.75) is 69.9 Å². The summed E-state index contributed by atoms with van der Waals surface area (Å²) in [7, 11) is 3.64. The lowest BCUT2D eigenvalue weighted by molar-refractivity contribution is -0.0669. The summed E-state index contributed by atoms with van der Waals surface area (Å²) in [5.41, 5.74) is 0.389. The second kappa shape index (κ2) is 7.41. The lowest BCUT2D eigenvalue weighted by atomic mass is 9.85. The van der Waals surface area contributed by atoms with Gasteiger partial charge >= 0.3 is 0 Å². The summed E-state index contributed by atoms with van der Waals surface area (Å²) in [5, 5.41) is 11.3. The molecule has 0 amide bonds. The van der Waals surface area contributed by atoms with Gasteiger partial charge in [0.25, 0.3) is 0 Å². The van der Waals surface area contributed by atoms with Crippen LogP contribution in [0.5, 0.6) is 11.5 Å². The fraction of sp³-hybridized carbons (Fsp3) is 0.591. The zero-order chi connectivity index (χ0) is 19.9. The van der Waals surface area contributed by atoms with Crippen LogP contribution in [0.3, 0.4) is 0 Å². The number of nitrogens with zero attached hydrogens (tertiary/aromatic N) is 3. The van der Waals surface area contributed by atoms with Crippen LogP contribution in [0.15, 0.2) is 30.6 Å². The third kappa shape index (κ3) is 3.51. The lowest BCUT2D eigenvalue weighted by Gasteiger charge is -2.43. The highest BCUT2D eigenvalue weighted by Crippen LogP contribution is 2.46. The molecule has 2 fully saturated rings. The molecule has 2 aliphatic rings. The predicted molar refractivity (Wildman–Crippen MR) is 107 cm³/mol. The van der Waals surface area contributed by atoms with Gasteiger partial charge in [-0.15, -0.1) is 0 Å². The topological polar surface area (TPSA) is 59.8 Å². The van der Waals surface area contributed by atoms with E-state index in [-0.39, 0.29) is 6.10 Å². The number of benzene rings is 1. The van der Waals surface area contributed by atoms with Crippen LogP contribution in [0.2, 0.25) is 0 Å². The first-order chi connectivity index (χ1) is 13.4. The number of aromatic nitrogens is 2. The van der Waals surface area contributed by atoms with E-state index < -0.39 is 5.60 Å². The fourth-order valence-electron chi connectivity index (χ4n) is 4.94. The van der Waals surface area contributed by atoms with Crippen LogP contribution < -0.4 is 9.47 Å². The molecule has 2 bridgehead atoms. The summed E-state index contributed by atoms with van der Waals surface area (Å²) in [6, 6.07) is 6.95. The van der Waals surface area contributed by atoms with E-state index in [9.17, 15) is 5.11 Å². The maximum atomic E-state index is 11.3. The Bertz CT molecular complexity index is 818. The van der Waals surface area contributed by atoms with E-state index in [0.717, 1.165) is 49.6 Å². The molecule has 4 rings (SSSR count). The van der Waals surface area contributed by atoms with Gasteiger partial charge in [0.05, 0.1) is 13.2 Å². The second-order valence-corrected chi connectivity index (χ2v) is 8.51. The highest BCUT2D eigenvalue weighted by Gasteiger charge is 2.49. The molecule has 0 saturated carbocycles. The minimum Gasteiger partial charge on any atom is -0.493 e. The maximum absolute atomic E-state index is 11.3. The van der Waals surface area contributed by atoms with Gasteiger partial charge in [-0.2, -0.15) is 0 Å². The molecule has 1 aromatic heterocycles. The molecule has 6 nitrogen and oxygen atoms in total. The zero-order valence-corrected chi connectivity index (χ0v) is 17.3. The average molecular weight is 386 g/mol. The Morgan fingerprint density at radius 3 is 2.50 bits per heavy atom. The van der Waals surface area contributed by atoms with Crippen molar-refractivity contribution in [1.29, 1.82) is 0 Å². The second-order valence-electron chi connectivity index (χ2n) is 8.51. The predicted octanol–water partition coefficient (Wildman–Crippen LogP) is 3.23. The van der Waals surface area contributed by atoms with Crippen molar-refractivity contribution in [3.8, 4) is 11.5 Å². The van der Waals surface area contributed by atoms with Crippen LogP contribution >= 0.6 is 0 Å². The summed E-state index contributed by atoms with van der Waals surface area (Å²) < 4.78 is 13.3. The molecule has 3 heterocycles. The van der Waals surface area contributed by atoms with Crippen molar-refractivity contribution in [3.05, 3.63) is 42.0 Å². The van der Waals surface area contributed by atoms with Crippen molar-refractivity contribution in [1.82, 2.24) is 14.5 Å². The molecule has 28 heavy (non-hydrogen) atoms. The van der Waals surface area contributed by atoms with E-state index in [4.69, 9.17) is 9.47 Å². The first-order valence-electron chi connectivity index (χ1n) is 10.2. The number of methoxy groups -OCH3 is 1. The molecule has 2 saturated heterocycles. The molecule has 2 aromatic rings. The van der Waals surface area contributed by atoms with Crippen molar-refractivity contribution >= 4 is 0 Å². The van der Waals surface area contributed by atoms with Gasteiger partial charge in [0.1, 0.15) is 11.4 Å². The first-order valence-corrected chi connectivity index (χ1v) is 10.2. The standard InChI is InChI=1S/C22H31N3O3/c1-15(2)28-19-8-5-16(11-20(19)27-4)14-25-17-6-7-18(25)13-22(26,12-17)21-23-9-10-24(21)3/h5,8-11,15,17-18,26H,6-7,12-14H2,1-4H3/t17-,18-/m1/s1. The van der Waals surface area contributed by atoms with Gasteiger partial charge in [0, 0.05) is 38.1 Å². The first kappa shape index (κ1) is 19.3. The van der Waals surface area contributed by atoms with Gasteiger partial charge < -0.3 is 19.1 Å². The van der Waals surface area contributed by atoms with E-state index in [2.05, 4.69) is 22.0 Å². The van der Waals surface area contributed by atoms with E-state index in [1.807, 2.05) is 37.7 Å². The van der Waals surface area contributed by atoms with Gasteiger partial charge in [0.15, 0.2) is 11.5 Å². The quantitative estimate of drug-likeness (QED) is 0.827. The van der Waals surface area contributed by atoms with Gasteiger partial charge in [0.2, 0.25) is 0 Å². The highest BCUT2D eigenvalue weighted by molar-refractivity contribution is 5.43. The Balaban J connectivity index is 1.51. The van der Waals surface area contributed by atoms with Gasteiger partial charge in [-0.25, -0.2) is 4.98 Å². The van der Waals surface area contributed by atoms with E-state index in [1.54, 1.807) is 13.3 Å². The smallest absolute Gasteiger partial charge is 0.161 e. The van der Waals surface area contributed by atoms with Crippen LogP contribution in [-0.4, -0.2) is 44.9 Å². The molecule has 0 unspecified atom stereocenters. The van der Waals surface area contributed by atoms with Crippen LogP contribution in [0.25, 0.3) is 0 Å². The summed E-state index contributed by atoms with van der Waals surface area (Å²) in [5.74, 6) is 2.35. The normalized spacial score (nSPS) is 27.4. The molecule has 152 valence electrons. The Hall–Kier alpha value is -2.05. The summed E-state index contributed by atoms with van der Waals surface area (Å²) in [4.78, 5) is 6.99. The number of aliphatic hydroxyl groups is 1. The third-order valence-electron chi connectivity index (χ3n) is 6.11. The zero-order valence-electron chi connectivity index (χ0n) is 17.3. The molecular weight excluding hydrogens is 354 g/mol. The SMILES string of the molecule is COc1cc(CN2[C@@H]3CC[C@@H]2CC(O)(c2nccn2C)C3)ccc1OC(C)C. The maximum Gasteiger partial charge on any atom is 0.161 e. The largest absolute Gasteiger partial charge is 0.493 e. The Morgan fingerprint density at radius 1 is 1.21 bits per heavy atom. The highest BCUT2D eigenvalue weighted by atomic mass is 16.5. The Kier molecular flexibility index (Phi) is 5.10. The van der Waals surface area contributed by atoms with Crippen LogP contribution in [0.1, 0.15) is 50.9 Å². The van der Waals surface area contributed by atoms with Crippen molar-refractivity contribution in [2.75, 3.05) is 7.11 Å². The minimum atomic E-state index is -0.826. The summed E-state index contributed by atoms with van der Waals surface area (Å²) in [6.07, 6.45) is 7.52. The van der Waals surface area contributed by atoms with Crippen LogP contribution in [0, 0.1) is 0 Å². The van der Waals surface area contributed by atoms with Gasteiger partial charge in [-0.1, -0.05) is 6.07 Å². The average Bonchev–Trinajstić information content (AvgIpc) is 3.18. The summed E-state index contributed by atoms with van der Waals surface area (Å²) >= 11 is 0. The number of piperidine rings is 1. The number of ether oxygens (including phenoxy) is 2. The van der Waals surface area contributed by atoms with Gasteiger partial charge in [-0.3, -0.25) is 4.90 Å². The number of hydrogen-bond donors (Lipinski definition) is 1. The number of rotatable bonds is 6. The molecule has 6 heteroatoms. The molecule has 2 atom stereocenters. The van der Waals surface area contributed by atoms with Crippen molar-refractivity contribution in [3.63, 3.8) is 0 Å². The lowest BCUT2D eigenvalue weighted by Crippen LogP contribution is -2.50. The minimum absolute atomic E-state index is 0.112.